The van der Waals surface area contributed by atoms with Gasteiger partial charge < -0.3 is 10.8 Å². The highest BCUT2D eigenvalue weighted by Gasteiger charge is 2.45. The van der Waals surface area contributed by atoms with Crippen LogP contribution in [0.1, 0.15) is 23.5 Å². The van der Waals surface area contributed by atoms with E-state index < -0.39 is 5.60 Å². The zero-order valence-corrected chi connectivity index (χ0v) is 12.6. The second kappa shape index (κ2) is 5.49. The lowest BCUT2D eigenvalue weighted by molar-refractivity contribution is 0.0724. The first-order valence-corrected chi connectivity index (χ1v) is 7.38. The van der Waals surface area contributed by atoms with Crippen LogP contribution in [0.25, 0.3) is 0 Å². The van der Waals surface area contributed by atoms with E-state index in [1.54, 1.807) is 6.07 Å². The van der Waals surface area contributed by atoms with Gasteiger partial charge in [0.25, 0.3) is 0 Å². The lowest BCUT2D eigenvalue weighted by Gasteiger charge is -2.25. The van der Waals surface area contributed by atoms with E-state index in [4.69, 9.17) is 17.3 Å². The Kier molecular flexibility index (Phi) is 3.66. The van der Waals surface area contributed by atoms with Crippen LogP contribution in [0.5, 0.6) is 0 Å². The first-order chi connectivity index (χ1) is 10.6. The van der Waals surface area contributed by atoms with Crippen LogP contribution < -0.4 is 5.73 Å². The van der Waals surface area contributed by atoms with E-state index in [2.05, 4.69) is 6.07 Å². The third-order valence-corrected chi connectivity index (χ3v) is 4.58. The fourth-order valence-corrected chi connectivity index (χ4v) is 3.33. The normalized spacial score (nSPS) is 24.3. The Bertz CT molecular complexity index is 779. The summed E-state index contributed by atoms with van der Waals surface area (Å²) < 4.78 is 0. The molecule has 22 heavy (non-hydrogen) atoms. The maximum atomic E-state index is 11.1. The van der Waals surface area contributed by atoms with Gasteiger partial charge in [-0.3, -0.25) is 0 Å². The number of nitrogens with zero attached hydrogens (tertiary/aromatic N) is 1. The van der Waals surface area contributed by atoms with Crippen molar-refractivity contribution in [3.05, 3.63) is 82.0 Å². The Hall–Kier alpha value is -2.28. The first kappa shape index (κ1) is 14.6. The standard InChI is InChI=1S/C18H15ClN2O/c19-16-9-5-4-8-13(16)14-10-18(22,17(21)15(14)11-20)12-6-2-1-3-7-12/h1-9,14,22H,10,21H2/t14-,18+/m1/s1. The van der Waals surface area contributed by atoms with Crippen LogP contribution in [0.2, 0.25) is 5.02 Å². The second-order valence-electron chi connectivity index (χ2n) is 5.44. The minimum Gasteiger partial charge on any atom is -0.399 e. The molecule has 3 rings (SSSR count). The number of hydrogen-bond donors (Lipinski definition) is 2. The summed E-state index contributed by atoms with van der Waals surface area (Å²) in [5, 5.41) is 21.1. The fourth-order valence-electron chi connectivity index (χ4n) is 3.07. The van der Waals surface area contributed by atoms with Crippen molar-refractivity contribution in [1.29, 1.82) is 5.26 Å². The van der Waals surface area contributed by atoms with Crippen LogP contribution in [0, 0.1) is 11.3 Å². The van der Waals surface area contributed by atoms with Gasteiger partial charge in [0.1, 0.15) is 5.60 Å². The summed E-state index contributed by atoms with van der Waals surface area (Å²) in [6, 6.07) is 18.7. The minimum atomic E-state index is -1.34. The molecule has 1 aliphatic rings. The van der Waals surface area contributed by atoms with Gasteiger partial charge in [0, 0.05) is 10.9 Å². The topological polar surface area (TPSA) is 70.0 Å². The highest BCUT2D eigenvalue weighted by atomic mass is 35.5. The molecule has 0 aliphatic heterocycles. The molecule has 0 amide bonds. The van der Waals surface area contributed by atoms with Crippen molar-refractivity contribution in [2.24, 2.45) is 5.73 Å². The number of benzene rings is 2. The van der Waals surface area contributed by atoms with E-state index in [0.29, 0.717) is 22.6 Å². The Labute approximate surface area is 134 Å². The van der Waals surface area contributed by atoms with Crippen LogP contribution in [0.15, 0.2) is 65.9 Å². The summed E-state index contributed by atoms with van der Waals surface area (Å²) in [5.41, 5.74) is 6.91. The van der Waals surface area contributed by atoms with Crippen molar-refractivity contribution in [3.63, 3.8) is 0 Å². The van der Waals surface area contributed by atoms with Gasteiger partial charge in [0.05, 0.1) is 17.3 Å². The van der Waals surface area contributed by atoms with E-state index in [1.165, 1.54) is 0 Å². The lowest BCUT2D eigenvalue weighted by atomic mass is 9.86. The van der Waals surface area contributed by atoms with Crippen molar-refractivity contribution in [1.82, 2.24) is 0 Å². The molecule has 0 fully saturated rings. The van der Waals surface area contributed by atoms with Gasteiger partial charge in [-0.2, -0.15) is 5.26 Å². The smallest absolute Gasteiger partial charge is 0.131 e. The van der Waals surface area contributed by atoms with Crippen LogP contribution >= 0.6 is 11.6 Å². The molecule has 2 aromatic rings. The molecule has 110 valence electrons. The summed E-state index contributed by atoms with van der Waals surface area (Å²) >= 11 is 6.26. The van der Waals surface area contributed by atoms with Gasteiger partial charge in [0.15, 0.2) is 0 Å². The van der Waals surface area contributed by atoms with Gasteiger partial charge in [-0.25, -0.2) is 0 Å². The average molecular weight is 311 g/mol. The number of rotatable bonds is 2. The number of nitriles is 1. The molecule has 0 spiro atoms. The molecule has 4 heteroatoms. The van der Waals surface area contributed by atoms with Gasteiger partial charge in [-0.05, 0) is 23.6 Å². The zero-order chi connectivity index (χ0) is 15.7. The summed E-state index contributed by atoms with van der Waals surface area (Å²) in [5.74, 6) is -0.302. The summed E-state index contributed by atoms with van der Waals surface area (Å²) in [4.78, 5) is 0. The fraction of sp³-hybridized carbons (Fsp3) is 0.167. The number of halogens is 1. The lowest BCUT2D eigenvalue weighted by Crippen LogP contribution is -2.29. The van der Waals surface area contributed by atoms with E-state index >= 15 is 0 Å². The van der Waals surface area contributed by atoms with E-state index in [9.17, 15) is 10.4 Å². The molecule has 2 atom stereocenters. The van der Waals surface area contributed by atoms with Crippen molar-refractivity contribution < 1.29 is 5.11 Å². The SMILES string of the molecule is N#CC1=C(N)[C@@](O)(c2ccccc2)C[C@@H]1c1ccccc1Cl. The van der Waals surface area contributed by atoms with Crippen molar-refractivity contribution in [2.45, 2.75) is 17.9 Å². The molecule has 0 unspecified atom stereocenters. The largest absolute Gasteiger partial charge is 0.399 e. The monoisotopic (exact) mass is 310 g/mol. The minimum absolute atomic E-state index is 0.214. The predicted molar refractivity (Wildman–Crippen MR) is 86.0 cm³/mol. The Morgan fingerprint density at radius 2 is 1.77 bits per heavy atom. The molecular weight excluding hydrogens is 296 g/mol. The Balaban J connectivity index is 2.12. The zero-order valence-electron chi connectivity index (χ0n) is 11.8. The third-order valence-electron chi connectivity index (χ3n) is 4.24. The van der Waals surface area contributed by atoms with E-state index in [0.717, 1.165) is 5.56 Å². The second-order valence-corrected chi connectivity index (χ2v) is 5.85. The number of hydrogen-bond acceptors (Lipinski definition) is 3. The molecule has 0 heterocycles. The number of nitrogens with two attached hydrogens (primary N) is 1. The van der Waals surface area contributed by atoms with Gasteiger partial charge >= 0.3 is 0 Å². The summed E-state index contributed by atoms with van der Waals surface area (Å²) in [6.45, 7) is 0. The molecule has 3 N–H and O–H groups in total. The Morgan fingerprint density at radius 1 is 1.14 bits per heavy atom. The van der Waals surface area contributed by atoms with Crippen LogP contribution in [-0.4, -0.2) is 5.11 Å². The molecule has 1 aliphatic carbocycles. The van der Waals surface area contributed by atoms with Crippen molar-refractivity contribution in [3.8, 4) is 6.07 Å². The van der Waals surface area contributed by atoms with Gasteiger partial charge in [0.2, 0.25) is 0 Å². The third kappa shape index (κ3) is 2.18. The van der Waals surface area contributed by atoms with Crippen molar-refractivity contribution in [2.75, 3.05) is 0 Å². The molecule has 0 bridgehead atoms. The Morgan fingerprint density at radius 3 is 2.41 bits per heavy atom. The molecule has 0 saturated heterocycles. The average Bonchev–Trinajstić information content (AvgIpc) is 2.81. The molecule has 0 aromatic heterocycles. The molecule has 3 nitrogen and oxygen atoms in total. The van der Waals surface area contributed by atoms with Crippen LogP contribution in [0.3, 0.4) is 0 Å². The quantitative estimate of drug-likeness (QED) is 0.892. The number of aliphatic hydroxyl groups is 1. The maximum absolute atomic E-state index is 11.1. The first-order valence-electron chi connectivity index (χ1n) is 7.00. The molecule has 0 radical (unpaired) electrons. The summed E-state index contributed by atoms with van der Waals surface area (Å²) in [7, 11) is 0. The van der Waals surface area contributed by atoms with Crippen LogP contribution in [0.4, 0.5) is 0 Å². The molecule has 2 aromatic carbocycles. The van der Waals surface area contributed by atoms with Gasteiger partial charge in [-0.1, -0.05) is 60.1 Å². The number of allylic oxidation sites excluding steroid dienone is 1. The highest BCUT2D eigenvalue weighted by Crippen LogP contribution is 2.49. The van der Waals surface area contributed by atoms with Crippen molar-refractivity contribution >= 4 is 11.6 Å². The summed E-state index contributed by atoms with van der Waals surface area (Å²) in [6.07, 6.45) is 0.315. The highest BCUT2D eigenvalue weighted by molar-refractivity contribution is 6.31. The van der Waals surface area contributed by atoms with Crippen LogP contribution in [-0.2, 0) is 5.60 Å². The van der Waals surface area contributed by atoms with Gasteiger partial charge in [-0.15, -0.1) is 0 Å². The van der Waals surface area contributed by atoms with E-state index in [1.807, 2.05) is 48.5 Å². The van der Waals surface area contributed by atoms with E-state index in [-0.39, 0.29) is 11.6 Å². The predicted octanol–water partition coefficient (Wildman–Crippen LogP) is 3.45. The molecular formula is C18H15ClN2O. The maximum Gasteiger partial charge on any atom is 0.131 e. The molecule has 0 saturated carbocycles.